The van der Waals surface area contributed by atoms with Crippen LogP contribution in [-0.4, -0.2) is 35.7 Å². The van der Waals surface area contributed by atoms with Gasteiger partial charge in [0.25, 0.3) is 0 Å². The molecule has 0 fully saturated rings. The number of hydrogen-bond acceptors (Lipinski definition) is 4. The van der Waals surface area contributed by atoms with Crippen molar-refractivity contribution in [2.24, 2.45) is 0 Å². The van der Waals surface area contributed by atoms with Crippen LogP contribution in [0, 0.1) is 0 Å². The van der Waals surface area contributed by atoms with Gasteiger partial charge in [-0.2, -0.15) is 0 Å². The van der Waals surface area contributed by atoms with Crippen LogP contribution < -0.4 is 9.47 Å². The summed E-state index contributed by atoms with van der Waals surface area (Å²) in [6.07, 6.45) is 1.48. The van der Waals surface area contributed by atoms with Gasteiger partial charge in [-0.15, -0.1) is 11.8 Å². The van der Waals surface area contributed by atoms with Crippen molar-refractivity contribution < 1.29 is 14.6 Å². The molecule has 31 heavy (non-hydrogen) atoms. The van der Waals surface area contributed by atoms with Gasteiger partial charge < -0.3 is 19.6 Å². The number of fused-ring (bicyclic) bond motifs is 3. The molecule has 0 amide bonds. The topological polar surface area (TPSA) is 54.5 Å². The highest BCUT2D eigenvalue weighted by Gasteiger charge is 2.10. The minimum absolute atomic E-state index is 0.328. The zero-order chi connectivity index (χ0) is 22.1. The van der Waals surface area contributed by atoms with E-state index in [2.05, 4.69) is 30.1 Å². The highest BCUT2D eigenvalue weighted by Crippen LogP contribution is 2.33. The summed E-state index contributed by atoms with van der Waals surface area (Å²) in [5, 5.41) is 11.9. The lowest BCUT2D eigenvalue weighted by molar-refractivity contribution is 0.105. The molecule has 0 saturated heterocycles. The lowest BCUT2D eigenvalue weighted by Gasteiger charge is -2.11. The Morgan fingerprint density at radius 2 is 1.61 bits per heavy atom. The third-order valence-electron chi connectivity index (χ3n) is 4.93. The summed E-state index contributed by atoms with van der Waals surface area (Å²) in [7, 11) is 1.71. The number of para-hydroxylation sites is 2. The van der Waals surface area contributed by atoms with Crippen molar-refractivity contribution in [1.29, 1.82) is 0 Å². The first-order valence-corrected chi connectivity index (χ1v) is 11.7. The van der Waals surface area contributed by atoms with Gasteiger partial charge in [0.1, 0.15) is 18.1 Å². The van der Waals surface area contributed by atoms with E-state index in [-0.39, 0.29) is 0 Å². The molecule has 0 aliphatic carbocycles. The summed E-state index contributed by atoms with van der Waals surface area (Å²) in [4.78, 5) is 4.62. The van der Waals surface area contributed by atoms with Gasteiger partial charge in [-0.25, -0.2) is 0 Å². The fraction of sp³-hybridized carbons (Fsp3) is 0.308. The van der Waals surface area contributed by atoms with Gasteiger partial charge in [-0.1, -0.05) is 50.2 Å². The van der Waals surface area contributed by atoms with Crippen LogP contribution in [-0.2, 0) is 0 Å². The first-order chi connectivity index (χ1) is 15.2. The average Bonchev–Trinajstić information content (AvgIpc) is 3.21. The van der Waals surface area contributed by atoms with E-state index in [0.29, 0.717) is 13.0 Å². The van der Waals surface area contributed by atoms with Gasteiger partial charge in [0, 0.05) is 21.2 Å². The first-order valence-electron chi connectivity index (χ1n) is 10.7. The standard InChI is InChI=1S/C16H17NO2.C10H14OS/c1-2-11(18)10-19-15-9-5-8-14-16(15)12-6-3-4-7-13(12)17-14;1-3-8-12-10-7-5-4-6-9(10)11-2/h3-9,11,17-18H,2,10H2,1H3;4-7H,3,8H2,1-2H3. The Hall–Kier alpha value is -2.63. The van der Waals surface area contributed by atoms with Crippen molar-refractivity contribution in [2.75, 3.05) is 19.5 Å². The molecule has 4 nitrogen and oxygen atoms in total. The molecule has 1 atom stereocenters. The van der Waals surface area contributed by atoms with E-state index in [9.17, 15) is 5.11 Å². The fourth-order valence-electron chi connectivity index (χ4n) is 3.24. The Morgan fingerprint density at radius 1 is 0.903 bits per heavy atom. The second-order valence-electron chi connectivity index (χ2n) is 7.22. The Bertz CT molecular complexity index is 1090. The van der Waals surface area contributed by atoms with Crippen molar-refractivity contribution in [3.05, 3.63) is 66.7 Å². The van der Waals surface area contributed by atoms with Crippen LogP contribution in [0.3, 0.4) is 0 Å². The average molecular weight is 438 g/mol. The molecule has 0 aliphatic heterocycles. The molecule has 0 saturated carbocycles. The summed E-state index contributed by atoms with van der Waals surface area (Å²) in [6, 6.07) is 22.3. The van der Waals surface area contributed by atoms with E-state index in [0.717, 1.165) is 39.1 Å². The number of methoxy groups -OCH3 is 1. The zero-order valence-electron chi connectivity index (χ0n) is 18.4. The maximum atomic E-state index is 9.62. The Labute approximate surface area is 188 Å². The number of H-pyrrole nitrogens is 1. The van der Waals surface area contributed by atoms with Gasteiger partial charge in [-0.3, -0.25) is 0 Å². The summed E-state index contributed by atoms with van der Waals surface area (Å²) in [5.41, 5.74) is 2.16. The SMILES string of the molecule is CCC(O)COc1cccc2[nH]c3ccccc3c12.CCCSc1ccccc1OC. The smallest absolute Gasteiger partial charge is 0.132 e. The van der Waals surface area contributed by atoms with E-state index >= 15 is 0 Å². The summed E-state index contributed by atoms with van der Waals surface area (Å²) < 4.78 is 11.0. The molecule has 2 N–H and O–H groups in total. The van der Waals surface area contributed by atoms with E-state index in [1.54, 1.807) is 7.11 Å². The molecule has 1 unspecified atom stereocenters. The van der Waals surface area contributed by atoms with Crippen LogP contribution in [0.15, 0.2) is 71.6 Å². The van der Waals surface area contributed by atoms with E-state index in [1.807, 2.05) is 67.2 Å². The number of benzene rings is 3. The highest BCUT2D eigenvalue weighted by molar-refractivity contribution is 7.99. The normalized spacial score (nSPS) is 11.7. The number of aromatic nitrogens is 1. The molecule has 5 heteroatoms. The van der Waals surface area contributed by atoms with E-state index < -0.39 is 6.10 Å². The predicted octanol–water partition coefficient (Wildman–Crippen LogP) is 6.67. The number of aromatic amines is 1. The Balaban J connectivity index is 0.000000196. The molecule has 1 aromatic heterocycles. The predicted molar refractivity (Wildman–Crippen MR) is 132 cm³/mol. The van der Waals surface area contributed by atoms with Gasteiger partial charge >= 0.3 is 0 Å². The molecule has 0 bridgehead atoms. The maximum Gasteiger partial charge on any atom is 0.132 e. The van der Waals surface area contributed by atoms with Crippen LogP contribution >= 0.6 is 11.8 Å². The van der Waals surface area contributed by atoms with Crippen LogP contribution in [0.5, 0.6) is 11.5 Å². The molecule has 1 heterocycles. The highest BCUT2D eigenvalue weighted by atomic mass is 32.2. The Morgan fingerprint density at radius 3 is 2.39 bits per heavy atom. The quantitative estimate of drug-likeness (QED) is 0.302. The molecule has 3 aromatic carbocycles. The van der Waals surface area contributed by atoms with Gasteiger partial charge in [0.2, 0.25) is 0 Å². The summed E-state index contributed by atoms with van der Waals surface area (Å²) >= 11 is 1.85. The van der Waals surface area contributed by atoms with Crippen LogP contribution in [0.4, 0.5) is 0 Å². The third-order valence-corrected chi connectivity index (χ3v) is 6.19. The van der Waals surface area contributed by atoms with Crippen LogP contribution in [0.25, 0.3) is 21.8 Å². The van der Waals surface area contributed by atoms with Gasteiger partial charge in [0.05, 0.1) is 18.7 Å². The number of rotatable bonds is 8. The van der Waals surface area contributed by atoms with Crippen molar-refractivity contribution in [3.63, 3.8) is 0 Å². The minimum atomic E-state index is -0.416. The molecular weight excluding hydrogens is 406 g/mol. The van der Waals surface area contributed by atoms with Crippen molar-refractivity contribution in [1.82, 2.24) is 4.98 Å². The lowest BCUT2D eigenvalue weighted by Crippen LogP contribution is -2.16. The third kappa shape index (κ3) is 5.96. The number of thioether (sulfide) groups is 1. The second kappa shape index (κ2) is 11.7. The van der Waals surface area contributed by atoms with Crippen molar-refractivity contribution in [3.8, 4) is 11.5 Å². The number of aliphatic hydroxyl groups excluding tert-OH is 1. The molecule has 0 radical (unpaired) electrons. The molecular formula is C26H31NO3S. The van der Waals surface area contributed by atoms with Crippen LogP contribution in [0.1, 0.15) is 26.7 Å². The zero-order valence-corrected chi connectivity index (χ0v) is 19.2. The number of ether oxygens (including phenoxy) is 2. The first kappa shape index (κ1) is 23.0. The number of hydrogen-bond donors (Lipinski definition) is 2. The molecule has 0 aliphatic rings. The number of aliphatic hydroxyl groups is 1. The molecule has 164 valence electrons. The van der Waals surface area contributed by atoms with Gasteiger partial charge in [0.15, 0.2) is 0 Å². The van der Waals surface area contributed by atoms with Crippen LogP contribution in [0.2, 0.25) is 0 Å². The van der Waals surface area contributed by atoms with Crippen molar-refractivity contribution in [2.45, 2.75) is 37.7 Å². The molecule has 4 rings (SSSR count). The fourth-order valence-corrected chi connectivity index (χ4v) is 4.13. The maximum absolute atomic E-state index is 9.62. The monoisotopic (exact) mass is 437 g/mol. The molecule has 0 spiro atoms. The molecule has 4 aromatic rings. The minimum Gasteiger partial charge on any atom is -0.496 e. The van der Waals surface area contributed by atoms with Gasteiger partial charge in [-0.05, 0) is 48.9 Å². The largest absolute Gasteiger partial charge is 0.496 e. The second-order valence-corrected chi connectivity index (χ2v) is 8.36. The number of nitrogens with one attached hydrogen (secondary N) is 1. The Kier molecular flexibility index (Phi) is 8.68. The van der Waals surface area contributed by atoms with Crippen molar-refractivity contribution >= 4 is 33.6 Å². The summed E-state index contributed by atoms with van der Waals surface area (Å²) in [5.74, 6) is 2.96. The van der Waals surface area contributed by atoms with E-state index in [1.165, 1.54) is 11.3 Å². The van der Waals surface area contributed by atoms with E-state index in [4.69, 9.17) is 9.47 Å². The lowest BCUT2D eigenvalue weighted by atomic mass is 10.1. The summed E-state index contributed by atoms with van der Waals surface area (Å²) in [6.45, 7) is 4.46.